The zero-order chi connectivity index (χ0) is 14.9. The number of fused-ring (bicyclic) bond motifs is 3. The monoisotopic (exact) mass is 300 g/mol. The predicted molar refractivity (Wildman–Crippen MR) is 83.7 cm³/mol. The lowest BCUT2D eigenvalue weighted by molar-refractivity contribution is 0.195. The van der Waals surface area contributed by atoms with Crippen molar-refractivity contribution in [3.8, 4) is 0 Å². The highest BCUT2D eigenvalue weighted by molar-refractivity contribution is 6.00. The van der Waals surface area contributed by atoms with E-state index in [0.717, 1.165) is 48.1 Å². The van der Waals surface area contributed by atoms with E-state index in [1.165, 1.54) is 6.42 Å². The van der Waals surface area contributed by atoms with E-state index in [9.17, 15) is 0 Å². The summed E-state index contributed by atoms with van der Waals surface area (Å²) in [6, 6.07) is 2.99. The molecule has 7 nitrogen and oxygen atoms in total. The first-order valence-corrected chi connectivity index (χ1v) is 7.75. The van der Waals surface area contributed by atoms with E-state index >= 15 is 0 Å². The van der Waals surface area contributed by atoms with Crippen LogP contribution in [0.15, 0.2) is 18.5 Å². The lowest BCUT2D eigenvalue weighted by Crippen LogP contribution is -2.29. The lowest BCUT2D eigenvalue weighted by Gasteiger charge is -2.14. The van der Waals surface area contributed by atoms with Crippen LogP contribution in [0.3, 0.4) is 0 Å². The van der Waals surface area contributed by atoms with Crippen LogP contribution in [0.1, 0.15) is 25.3 Å². The van der Waals surface area contributed by atoms with Gasteiger partial charge in [-0.05, 0) is 25.3 Å². The normalized spacial score (nSPS) is 22.0. The molecule has 2 unspecified atom stereocenters. The molecule has 2 atom stereocenters. The number of aromatic amines is 1. The van der Waals surface area contributed by atoms with E-state index in [-0.39, 0.29) is 0 Å². The Balaban J connectivity index is 1.60. The first-order valence-electron chi connectivity index (χ1n) is 7.75. The maximum absolute atomic E-state index is 5.10. The minimum atomic E-state index is 0.436. The summed E-state index contributed by atoms with van der Waals surface area (Å²) in [5, 5.41) is 12.2. The molecule has 3 aromatic rings. The number of aromatic nitrogens is 5. The average molecular weight is 300 g/mol. The van der Waals surface area contributed by atoms with E-state index < -0.39 is 0 Å². The highest BCUT2D eigenvalue weighted by Crippen LogP contribution is 2.33. The number of ether oxygens (including phenoxy) is 1. The Morgan fingerprint density at radius 3 is 3.27 bits per heavy atom. The summed E-state index contributed by atoms with van der Waals surface area (Å²) in [5.41, 5.74) is 2.80. The number of hydrogen-bond acceptors (Lipinski definition) is 5. The van der Waals surface area contributed by atoms with Crippen LogP contribution in [0.2, 0.25) is 0 Å². The van der Waals surface area contributed by atoms with Crippen LogP contribution in [0.25, 0.3) is 22.1 Å². The molecule has 1 aliphatic rings. The second kappa shape index (κ2) is 5.66. The van der Waals surface area contributed by atoms with Gasteiger partial charge < -0.3 is 10.1 Å². The molecule has 0 saturated heterocycles. The van der Waals surface area contributed by atoms with E-state index in [1.54, 1.807) is 19.5 Å². The van der Waals surface area contributed by atoms with Gasteiger partial charge in [-0.2, -0.15) is 5.10 Å². The van der Waals surface area contributed by atoms with E-state index in [0.29, 0.717) is 12.1 Å². The fraction of sp³-hybridized carbons (Fsp3) is 0.533. The van der Waals surface area contributed by atoms with Gasteiger partial charge in [0.15, 0.2) is 5.65 Å². The molecule has 0 spiro atoms. The first kappa shape index (κ1) is 13.7. The summed E-state index contributed by atoms with van der Waals surface area (Å²) < 4.78 is 7.29. The summed E-state index contributed by atoms with van der Waals surface area (Å²) in [6.07, 6.45) is 7.02. The standard InChI is InChI=1S/C15H20N6O/c1-22-7-6-16-10-2-3-11(8-10)21-14-12-4-5-17-15(12)18-9-13(14)19-20-21/h4-5,9-11,16,20H,2-3,6-8H2,1H3. The Kier molecular flexibility index (Phi) is 3.51. The highest BCUT2D eigenvalue weighted by Gasteiger charge is 2.27. The van der Waals surface area contributed by atoms with Crippen LogP contribution in [-0.4, -0.2) is 51.3 Å². The first-order chi connectivity index (χ1) is 10.9. The van der Waals surface area contributed by atoms with E-state index in [2.05, 4.69) is 30.3 Å². The average Bonchev–Trinajstić information content (AvgIpc) is 3.25. The van der Waals surface area contributed by atoms with Gasteiger partial charge in [-0.25, -0.2) is 15.2 Å². The van der Waals surface area contributed by atoms with Gasteiger partial charge in [-0.1, -0.05) is 0 Å². The van der Waals surface area contributed by atoms with E-state index in [4.69, 9.17) is 4.74 Å². The second-order valence-corrected chi connectivity index (χ2v) is 5.87. The number of methoxy groups -OCH3 is 1. The number of nitrogens with one attached hydrogen (secondary N) is 2. The van der Waals surface area contributed by atoms with Gasteiger partial charge >= 0.3 is 0 Å². The van der Waals surface area contributed by atoms with Crippen LogP contribution in [0, 0.1) is 0 Å². The van der Waals surface area contributed by atoms with Crippen molar-refractivity contribution < 1.29 is 4.74 Å². The van der Waals surface area contributed by atoms with Gasteiger partial charge in [0.2, 0.25) is 0 Å². The van der Waals surface area contributed by atoms with Gasteiger partial charge in [-0.3, -0.25) is 4.68 Å². The molecule has 1 saturated carbocycles. The van der Waals surface area contributed by atoms with Gasteiger partial charge in [0.1, 0.15) is 5.52 Å². The van der Waals surface area contributed by atoms with Gasteiger partial charge in [0.05, 0.1) is 24.4 Å². The van der Waals surface area contributed by atoms with Gasteiger partial charge in [0.25, 0.3) is 0 Å². The third-order valence-corrected chi connectivity index (χ3v) is 4.51. The molecule has 1 aliphatic carbocycles. The maximum atomic E-state index is 5.10. The largest absolute Gasteiger partial charge is 0.383 e. The molecule has 3 aromatic heterocycles. The van der Waals surface area contributed by atoms with Crippen LogP contribution >= 0.6 is 0 Å². The van der Waals surface area contributed by atoms with Crippen LogP contribution in [-0.2, 0) is 4.74 Å². The Bertz CT molecular complexity index is 779. The third-order valence-electron chi connectivity index (χ3n) is 4.51. The smallest absolute Gasteiger partial charge is 0.161 e. The SMILES string of the molecule is COCCNC1CCC(n2[nH]nc3cnc4nccc4c32)C1. The molecule has 2 N–H and O–H groups in total. The molecule has 0 aromatic carbocycles. The Morgan fingerprint density at radius 2 is 2.36 bits per heavy atom. The molecule has 0 amide bonds. The van der Waals surface area contributed by atoms with Gasteiger partial charge in [-0.15, -0.1) is 0 Å². The highest BCUT2D eigenvalue weighted by atomic mass is 16.5. The number of nitrogens with zero attached hydrogens (tertiary/aromatic N) is 4. The van der Waals surface area contributed by atoms with Crippen molar-refractivity contribution in [1.82, 2.24) is 30.3 Å². The van der Waals surface area contributed by atoms with Crippen molar-refractivity contribution in [3.63, 3.8) is 0 Å². The number of pyridine rings is 1. The van der Waals surface area contributed by atoms with Crippen molar-refractivity contribution in [2.75, 3.05) is 20.3 Å². The van der Waals surface area contributed by atoms with E-state index in [1.807, 2.05) is 6.07 Å². The molecule has 0 aliphatic heterocycles. The molecule has 4 rings (SSSR count). The topological polar surface area (TPSA) is 80.6 Å². The molecule has 22 heavy (non-hydrogen) atoms. The predicted octanol–water partition coefficient (Wildman–Crippen LogP) is 1.64. The molecule has 7 heteroatoms. The van der Waals surface area contributed by atoms with Gasteiger partial charge in [0, 0.05) is 31.3 Å². The van der Waals surface area contributed by atoms with Crippen LogP contribution in [0.5, 0.6) is 0 Å². The van der Waals surface area contributed by atoms with Crippen molar-refractivity contribution >= 4 is 22.1 Å². The van der Waals surface area contributed by atoms with Crippen molar-refractivity contribution in [2.24, 2.45) is 0 Å². The second-order valence-electron chi connectivity index (χ2n) is 5.87. The minimum absolute atomic E-state index is 0.436. The molecule has 1 fully saturated rings. The minimum Gasteiger partial charge on any atom is -0.383 e. The quantitative estimate of drug-likeness (QED) is 0.700. The summed E-state index contributed by atoms with van der Waals surface area (Å²) in [5.74, 6) is 0. The molecule has 116 valence electrons. The molecule has 0 bridgehead atoms. The van der Waals surface area contributed by atoms with Crippen molar-refractivity contribution in [3.05, 3.63) is 18.5 Å². The fourth-order valence-corrected chi connectivity index (χ4v) is 3.44. The van der Waals surface area contributed by atoms with Crippen molar-refractivity contribution in [1.29, 1.82) is 0 Å². The van der Waals surface area contributed by atoms with Crippen molar-refractivity contribution in [2.45, 2.75) is 31.3 Å². The molecular formula is C15H20N6O. The molecular weight excluding hydrogens is 280 g/mol. The third kappa shape index (κ3) is 2.26. The summed E-state index contributed by atoms with van der Waals surface area (Å²) in [7, 11) is 1.74. The molecule has 0 radical (unpaired) electrons. The molecule has 3 heterocycles. The summed E-state index contributed by atoms with van der Waals surface area (Å²) >= 11 is 0. The Hall–Kier alpha value is -1.99. The van der Waals surface area contributed by atoms with Crippen LogP contribution < -0.4 is 5.32 Å². The number of rotatable bonds is 5. The Labute approximate surface area is 128 Å². The summed E-state index contributed by atoms with van der Waals surface area (Å²) in [4.78, 5) is 8.63. The number of hydrogen-bond donors (Lipinski definition) is 2. The van der Waals surface area contributed by atoms with Crippen LogP contribution in [0.4, 0.5) is 0 Å². The number of H-pyrrole nitrogens is 1. The maximum Gasteiger partial charge on any atom is 0.161 e. The Morgan fingerprint density at radius 1 is 1.41 bits per heavy atom. The fourth-order valence-electron chi connectivity index (χ4n) is 3.44. The zero-order valence-corrected chi connectivity index (χ0v) is 12.6. The summed E-state index contributed by atoms with van der Waals surface area (Å²) in [6.45, 7) is 1.66. The zero-order valence-electron chi connectivity index (χ0n) is 12.6. The lowest BCUT2D eigenvalue weighted by atomic mass is 10.2.